The quantitative estimate of drug-likeness (QED) is 0.352. The van der Waals surface area contributed by atoms with Crippen molar-refractivity contribution < 1.29 is 5.11 Å². The Balaban J connectivity index is 2.02. The van der Waals surface area contributed by atoms with Crippen LogP contribution < -0.4 is 5.32 Å². The van der Waals surface area contributed by atoms with Crippen molar-refractivity contribution in [2.45, 2.75) is 5.54 Å². The molecule has 0 unspecified atom stereocenters. The van der Waals surface area contributed by atoms with Crippen LogP contribution in [0.5, 0.6) is 5.75 Å². The van der Waals surface area contributed by atoms with E-state index in [1.165, 1.54) is 0 Å². The zero-order chi connectivity index (χ0) is 18.5. The topological polar surface area (TPSA) is 32.3 Å². The number of nitrogens with one attached hydrogen (secondary N) is 1. The summed E-state index contributed by atoms with van der Waals surface area (Å²) in [6.45, 7) is 0. The summed E-state index contributed by atoms with van der Waals surface area (Å²) in [5.74, 6) is 0.227. The molecular weight excluding hydrogens is 330 g/mol. The first-order valence-electron chi connectivity index (χ1n) is 9.03. The molecule has 2 N–H and O–H groups in total. The Bertz CT molecular complexity index is 901. The molecule has 4 aromatic carbocycles. The van der Waals surface area contributed by atoms with Gasteiger partial charge in [-0.15, -0.1) is 0 Å². The number of hydrogen-bond acceptors (Lipinski definition) is 2. The van der Waals surface area contributed by atoms with Gasteiger partial charge in [-0.1, -0.05) is 103 Å². The lowest BCUT2D eigenvalue weighted by Gasteiger charge is -2.38. The van der Waals surface area contributed by atoms with Crippen molar-refractivity contribution in [3.05, 3.63) is 132 Å². The zero-order valence-electron chi connectivity index (χ0n) is 14.9. The van der Waals surface area contributed by atoms with Crippen LogP contribution in [0.3, 0.4) is 0 Å². The molecule has 2 nitrogen and oxygen atoms in total. The van der Waals surface area contributed by atoms with Crippen molar-refractivity contribution in [1.29, 1.82) is 0 Å². The van der Waals surface area contributed by atoms with Gasteiger partial charge in [0.15, 0.2) is 0 Å². The van der Waals surface area contributed by atoms with Gasteiger partial charge in [0.2, 0.25) is 0 Å². The third-order valence-electron chi connectivity index (χ3n) is 4.85. The Labute approximate surface area is 159 Å². The van der Waals surface area contributed by atoms with Crippen LogP contribution >= 0.6 is 0 Å². The van der Waals surface area contributed by atoms with Crippen LogP contribution in [0.25, 0.3) is 0 Å². The molecule has 4 aromatic rings. The minimum Gasteiger partial charge on any atom is -0.506 e. The number of phenolic OH excluding ortho intramolecular Hbond substituents is 1. The van der Waals surface area contributed by atoms with Crippen molar-refractivity contribution in [1.82, 2.24) is 0 Å². The lowest BCUT2D eigenvalue weighted by atomic mass is 9.76. The van der Waals surface area contributed by atoms with Crippen LogP contribution in [0, 0.1) is 0 Å². The summed E-state index contributed by atoms with van der Waals surface area (Å²) < 4.78 is 0. The predicted octanol–water partition coefficient (Wildman–Crippen LogP) is 5.80. The molecule has 0 spiro atoms. The molecule has 0 aliphatic rings. The maximum absolute atomic E-state index is 10.5. The highest BCUT2D eigenvalue weighted by Crippen LogP contribution is 2.41. The maximum atomic E-state index is 10.5. The summed E-state index contributed by atoms with van der Waals surface area (Å²) in [4.78, 5) is 0. The van der Waals surface area contributed by atoms with Gasteiger partial charge in [-0.2, -0.15) is 0 Å². The zero-order valence-corrected chi connectivity index (χ0v) is 14.9. The highest BCUT2D eigenvalue weighted by molar-refractivity contribution is 5.64. The van der Waals surface area contributed by atoms with E-state index in [0.29, 0.717) is 5.69 Å². The lowest BCUT2D eigenvalue weighted by molar-refractivity contribution is 0.475. The Morgan fingerprint density at radius 2 is 0.852 bits per heavy atom. The number of para-hydroxylation sites is 2. The van der Waals surface area contributed by atoms with Gasteiger partial charge >= 0.3 is 0 Å². The molecule has 0 fully saturated rings. The number of aromatic hydroxyl groups is 1. The summed E-state index contributed by atoms with van der Waals surface area (Å²) in [7, 11) is 0. The molecular formula is C25H21NO. The number of phenols is 1. The van der Waals surface area contributed by atoms with Gasteiger partial charge < -0.3 is 10.4 Å². The summed E-state index contributed by atoms with van der Waals surface area (Å²) in [6, 6.07) is 38.4. The monoisotopic (exact) mass is 351 g/mol. The largest absolute Gasteiger partial charge is 0.506 e. The molecule has 4 rings (SSSR count). The third-order valence-corrected chi connectivity index (χ3v) is 4.85. The molecule has 27 heavy (non-hydrogen) atoms. The highest BCUT2D eigenvalue weighted by atomic mass is 16.3. The lowest BCUT2D eigenvalue weighted by Crippen LogP contribution is -2.38. The van der Waals surface area contributed by atoms with Gasteiger partial charge in [0.25, 0.3) is 0 Å². The normalized spacial score (nSPS) is 11.1. The van der Waals surface area contributed by atoms with Crippen LogP contribution in [0.4, 0.5) is 5.69 Å². The van der Waals surface area contributed by atoms with Gasteiger partial charge in [-0.25, -0.2) is 0 Å². The number of benzene rings is 4. The Morgan fingerprint density at radius 3 is 1.26 bits per heavy atom. The summed E-state index contributed by atoms with van der Waals surface area (Å²) in [6.07, 6.45) is 0. The van der Waals surface area contributed by atoms with E-state index in [-0.39, 0.29) is 5.75 Å². The van der Waals surface area contributed by atoms with Crippen molar-refractivity contribution >= 4 is 5.69 Å². The van der Waals surface area contributed by atoms with Gasteiger partial charge in [-0.3, -0.25) is 0 Å². The van der Waals surface area contributed by atoms with E-state index in [4.69, 9.17) is 0 Å². The van der Waals surface area contributed by atoms with Crippen LogP contribution in [-0.4, -0.2) is 5.11 Å². The fourth-order valence-electron chi connectivity index (χ4n) is 3.56. The molecule has 0 saturated heterocycles. The van der Waals surface area contributed by atoms with E-state index in [2.05, 4.69) is 41.7 Å². The second kappa shape index (κ2) is 7.38. The predicted molar refractivity (Wildman–Crippen MR) is 111 cm³/mol. The minimum absolute atomic E-state index is 0.227. The fraction of sp³-hybridized carbons (Fsp3) is 0.0400. The van der Waals surface area contributed by atoms with Gasteiger partial charge in [0, 0.05) is 0 Å². The van der Waals surface area contributed by atoms with Crippen LogP contribution in [0.1, 0.15) is 16.7 Å². The average Bonchev–Trinajstić information content (AvgIpc) is 2.75. The fourth-order valence-corrected chi connectivity index (χ4v) is 3.56. The summed E-state index contributed by atoms with van der Waals surface area (Å²) in [5.41, 5.74) is 3.36. The van der Waals surface area contributed by atoms with Crippen molar-refractivity contribution in [3.63, 3.8) is 0 Å². The molecule has 0 amide bonds. The van der Waals surface area contributed by atoms with E-state index in [1.54, 1.807) is 6.07 Å². The number of rotatable bonds is 5. The van der Waals surface area contributed by atoms with Crippen LogP contribution in [0.15, 0.2) is 115 Å². The number of hydrogen-bond donors (Lipinski definition) is 2. The van der Waals surface area contributed by atoms with Crippen molar-refractivity contribution in [3.8, 4) is 5.75 Å². The first-order valence-corrected chi connectivity index (χ1v) is 9.03. The second-order valence-corrected chi connectivity index (χ2v) is 6.49. The molecule has 0 saturated carbocycles. The molecule has 0 bridgehead atoms. The van der Waals surface area contributed by atoms with Gasteiger partial charge in [-0.05, 0) is 28.8 Å². The highest BCUT2D eigenvalue weighted by Gasteiger charge is 2.36. The van der Waals surface area contributed by atoms with Gasteiger partial charge in [0.05, 0.1) is 5.69 Å². The Hall–Kier alpha value is -3.52. The Kier molecular flexibility index (Phi) is 4.63. The summed E-state index contributed by atoms with van der Waals surface area (Å²) >= 11 is 0. The van der Waals surface area contributed by atoms with E-state index >= 15 is 0 Å². The third kappa shape index (κ3) is 3.18. The molecule has 0 aliphatic heterocycles. The molecule has 0 heterocycles. The molecule has 132 valence electrons. The Morgan fingerprint density at radius 1 is 0.481 bits per heavy atom. The van der Waals surface area contributed by atoms with E-state index in [0.717, 1.165) is 16.7 Å². The molecule has 0 radical (unpaired) electrons. The van der Waals surface area contributed by atoms with E-state index in [1.807, 2.05) is 72.8 Å². The maximum Gasteiger partial charge on any atom is 0.138 e. The summed E-state index contributed by atoms with van der Waals surface area (Å²) in [5, 5.41) is 14.1. The second-order valence-electron chi connectivity index (χ2n) is 6.49. The standard InChI is InChI=1S/C25H21NO/c27-24-19-11-10-18-23(24)26-25(20-12-4-1-5-13-20,21-14-6-2-7-15-21)22-16-8-3-9-17-22/h1-19,26-27H. The average molecular weight is 351 g/mol. The van der Waals surface area contributed by atoms with E-state index in [9.17, 15) is 5.11 Å². The van der Waals surface area contributed by atoms with Crippen molar-refractivity contribution in [2.75, 3.05) is 5.32 Å². The van der Waals surface area contributed by atoms with Gasteiger partial charge in [0.1, 0.15) is 11.3 Å². The van der Waals surface area contributed by atoms with Crippen LogP contribution in [-0.2, 0) is 5.54 Å². The molecule has 0 aliphatic carbocycles. The molecule has 0 atom stereocenters. The SMILES string of the molecule is Oc1ccccc1NC(c1ccccc1)(c1ccccc1)c1ccccc1. The minimum atomic E-state index is -0.636. The molecule has 2 heteroatoms. The first kappa shape index (κ1) is 16.9. The van der Waals surface area contributed by atoms with Crippen LogP contribution in [0.2, 0.25) is 0 Å². The first-order chi connectivity index (χ1) is 13.3. The van der Waals surface area contributed by atoms with Crippen molar-refractivity contribution in [2.24, 2.45) is 0 Å². The number of anilines is 1. The smallest absolute Gasteiger partial charge is 0.138 e. The van der Waals surface area contributed by atoms with E-state index < -0.39 is 5.54 Å². The molecule has 0 aromatic heterocycles.